The van der Waals surface area contributed by atoms with Gasteiger partial charge in [-0.15, -0.1) is 0 Å². The van der Waals surface area contributed by atoms with Crippen molar-refractivity contribution in [1.82, 2.24) is 0 Å². The number of nitrogens with two attached hydrogens (primary N) is 1. The smallest absolute Gasteiger partial charge is 0.0838 e. The Balaban J connectivity index is 2.21. The zero-order valence-corrected chi connectivity index (χ0v) is 14.1. The van der Waals surface area contributed by atoms with Gasteiger partial charge in [0, 0.05) is 12.6 Å². The topological polar surface area (TPSA) is 35.2 Å². The van der Waals surface area contributed by atoms with Gasteiger partial charge in [0.2, 0.25) is 0 Å². The molecule has 0 spiro atoms. The third kappa shape index (κ3) is 3.67. The highest BCUT2D eigenvalue weighted by Crippen LogP contribution is 2.38. The summed E-state index contributed by atoms with van der Waals surface area (Å²) in [5.41, 5.74) is 10.7. The van der Waals surface area contributed by atoms with Crippen molar-refractivity contribution in [2.45, 2.75) is 71.4 Å². The van der Waals surface area contributed by atoms with Crippen molar-refractivity contribution in [3.05, 3.63) is 34.9 Å². The second-order valence-corrected chi connectivity index (χ2v) is 6.88. The number of benzene rings is 1. The van der Waals surface area contributed by atoms with Gasteiger partial charge in [-0.25, -0.2) is 0 Å². The minimum Gasteiger partial charge on any atom is -0.374 e. The molecule has 0 saturated heterocycles. The predicted octanol–water partition coefficient (Wildman–Crippen LogP) is 4.16. The Kier molecular flexibility index (Phi) is 5.45. The number of rotatable bonds is 5. The van der Waals surface area contributed by atoms with Crippen LogP contribution < -0.4 is 5.73 Å². The second-order valence-electron chi connectivity index (χ2n) is 6.88. The van der Waals surface area contributed by atoms with E-state index < -0.39 is 0 Å². The molecule has 3 atom stereocenters. The van der Waals surface area contributed by atoms with Crippen LogP contribution in [0.25, 0.3) is 0 Å². The maximum Gasteiger partial charge on any atom is 0.0838 e. The molecular formula is C19H31NO. The number of aryl methyl sites for hydroxylation is 2. The van der Waals surface area contributed by atoms with E-state index in [1.165, 1.54) is 29.5 Å². The van der Waals surface area contributed by atoms with E-state index in [0.29, 0.717) is 5.92 Å². The molecule has 21 heavy (non-hydrogen) atoms. The van der Waals surface area contributed by atoms with Crippen LogP contribution in [0.15, 0.2) is 18.2 Å². The number of hydrogen-bond acceptors (Lipinski definition) is 2. The van der Waals surface area contributed by atoms with E-state index in [0.717, 1.165) is 25.9 Å². The standard InChI is InChI=1S/C19H31NO/c1-5-21-19(11-7-8-14(2)13-19)18(20)12-17-15(3)9-6-10-16(17)4/h6,9-10,14,18H,5,7-8,11-13,20H2,1-4H3. The van der Waals surface area contributed by atoms with Gasteiger partial charge in [-0.05, 0) is 62.6 Å². The Morgan fingerprint density at radius 3 is 2.57 bits per heavy atom. The van der Waals surface area contributed by atoms with E-state index >= 15 is 0 Å². The zero-order valence-electron chi connectivity index (χ0n) is 14.1. The summed E-state index contributed by atoms with van der Waals surface area (Å²) in [5.74, 6) is 0.717. The lowest BCUT2D eigenvalue weighted by Crippen LogP contribution is -2.54. The summed E-state index contributed by atoms with van der Waals surface area (Å²) in [5, 5.41) is 0. The van der Waals surface area contributed by atoms with Crippen LogP contribution in [0.1, 0.15) is 56.2 Å². The lowest BCUT2D eigenvalue weighted by Gasteiger charge is -2.44. The quantitative estimate of drug-likeness (QED) is 0.883. The van der Waals surface area contributed by atoms with E-state index in [-0.39, 0.29) is 11.6 Å². The van der Waals surface area contributed by atoms with Crippen LogP contribution in [0.3, 0.4) is 0 Å². The van der Waals surface area contributed by atoms with Crippen LogP contribution >= 0.6 is 0 Å². The second kappa shape index (κ2) is 6.93. The first kappa shape index (κ1) is 16.5. The first-order valence-electron chi connectivity index (χ1n) is 8.43. The third-order valence-electron chi connectivity index (χ3n) is 5.17. The summed E-state index contributed by atoms with van der Waals surface area (Å²) in [4.78, 5) is 0. The van der Waals surface area contributed by atoms with Gasteiger partial charge in [0.1, 0.15) is 0 Å². The highest BCUT2D eigenvalue weighted by molar-refractivity contribution is 5.34. The Morgan fingerprint density at radius 1 is 1.33 bits per heavy atom. The van der Waals surface area contributed by atoms with Crippen LogP contribution in [-0.2, 0) is 11.2 Å². The first-order chi connectivity index (χ1) is 9.98. The van der Waals surface area contributed by atoms with Crippen molar-refractivity contribution in [3.8, 4) is 0 Å². The van der Waals surface area contributed by atoms with Crippen molar-refractivity contribution in [2.24, 2.45) is 11.7 Å². The highest BCUT2D eigenvalue weighted by atomic mass is 16.5. The molecule has 1 aromatic rings. The van der Waals surface area contributed by atoms with E-state index in [1.54, 1.807) is 0 Å². The number of ether oxygens (including phenoxy) is 1. The molecule has 3 unspecified atom stereocenters. The summed E-state index contributed by atoms with van der Waals surface area (Å²) in [6, 6.07) is 6.58. The van der Waals surface area contributed by atoms with Crippen LogP contribution in [0.4, 0.5) is 0 Å². The van der Waals surface area contributed by atoms with Crippen LogP contribution in [-0.4, -0.2) is 18.2 Å². The Hall–Kier alpha value is -0.860. The van der Waals surface area contributed by atoms with Gasteiger partial charge in [-0.2, -0.15) is 0 Å². The zero-order chi connectivity index (χ0) is 15.5. The van der Waals surface area contributed by atoms with Gasteiger partial charge in [-0.3, -0.25) is 0 Å². The lowest BCUT2D eigenvalue weighted by molar-refractivity contribution is -0.0925. The summed E-state index contributed by atoms with van der Waals surface area (Å²) < 4.78 is 6.23. The van der Waals surface area contributed by atoms with Gasteiger partial charge in [-0.1, -0.05) is 38.0 Å². The molecule has 0 amide bonds. The average Bonchev–Trinajstić information content (AvgIpc) is 2.43. The third-order valence-corrected chi connectivity index (χ3v) is 5.17. The van der Waals surface area contributed by atoms with E-state index in [1.807, 2.05) is 0 Å². The predicted molar refractivity (Wildman–Crippen MR) is 89.6 cm³/mol. The first-order valence-corrected chi connectivity index (χ1v) is 8.43. The fourth-order valence-corrected chi connectivity index (χ4v) is 3.98. The Morgan fingerprint density at radius 2 is 2.00 bits per heavy atom. The lowest BCUT2D eigenvalue weighted by atomic mass is 9.73. The molecule has 2 rings (SSSR count). The molecule has 2 heteroatoms. The SMILES string of the molecule is CCOC1(C(N)Cc2c(C)cccc2C)CCCC(C)C1. The molecule has 0 radical (unpaired) electrons. The molecule has 118 valence electrons. The fourth-order valence-electron chi connectivity index (χ4n) is 3.98. The highest BCUT2D eigenvalue weighted by Gasteiger charge is 2.41. The molecule has 2 N–H and O–H groups in total. The average molecular weight is 289 g/mol. The molecule has 1 aromatic carbocycles. The molecule has 1 aliphatic rings. The summed E-state index contributed by atoms with van der Waals surface area (Å²) in [6.07, 6.45) is 5.68. The van der Waals surface area contributed by atoms with Gasteiger partial charge in [0.25, 0.3) is 0 Å². The summed E-state index contributed by atoms with van der Waals surface area (Å²) in [7, 11) is 0. The molecule has 0 aliphatic heterocycles. The fraction of sp³-hybridized carbons (Fsp3) is 0.684. The van der Waals surface area contributed by atoms with Gasteiger partial charge in [0.05, 0.1) is 5.60 Å². The maximum absolute atomic E-state index is 6.68. The summed E-state index contributed by atoms with van der Waals surface area (Å²) >= 11 is 0. The largest absolute Gasteiger partial charge is 0.374 e. The van der Waals surface area contributed by atoms with Gasteiger partial charge >= 0.3 is 0 Å². The molecule has 0 bridgehead atoms. The van der Waals surface area contributed by atoms with E-state index in [4.69, 9.17) is 10.5 Å². The van der Waals surface area contributed by atoms with Crippen LogP contribution in [0.5, 0.6) is 0 Å². The normalized spacial score (nSPS) is 27.6. The Bertz CT molecular complexity index is 446. The molecule has 1 fully saturated rings. The monoisotopic (exact) mass is 289 g/mol. The Labute approximate surface area is 130 Å². The van der Waals surface area contributed by atoms with Crippen LogP contribution in [0, 0.1) is 19.8 Å². The number of hydrogen-bond donors (Lipinski definition) is 1. The minimum absolute atomic E-state index is 0.0833. The van der Waals surface area contributed by atoms with Crippen molar-refractivity contribution in [3.63, 3.8) is 0 Å². The summed E-state index contributed by atoms with van der Waals surface area (Å²) in [6.45, 7) is 9.55. The molecular weight excluding hydrogens is 258 g/mol. The molecule has 0 heterocycles. The maximum atomic E-state index is 6.68. The van der Waals surface area contributed by atoms with Gasteiger partial charge < -0.3 is 10.5 Å². The minimum atomic E-state index is -0.124. The van der Waals surface area contributed by atoms with Crippen molar-refractivity contribution in [2.75, 3.05) is 6.61 Å². The molecule has 1 saturated carbocycles. The van der Waals surface area contributed by atoms with Crippen molar-refractivity contribution < 1.29 is 4.74 Å². The van der Waals surface area contributed by atoms with Gasteiger partial charge in [0.15, 0.2) is 0 Å². The molecule has 1 aliphatic carbocycles. The van der Waals surface area contributed by atoms with Crippen molar-refractivity contribution in [1.29, 1.82) is 0 Å². The van der Waals surface area contributed by atoms with E-state index in [2.05, 4.69) is 45.9 Å². The molecule has 2 nitrogen and oxygen atoms in total. The molecule has 0 aromatic heterocycles. The van der Waals surface area contributed by atoms with E-state index in [9.17, 15) is 0 Å². The van der Waals surface area contributed by atoms with Crippen LogP contribution in [0.2, 0.25) is 0 Å². The van der Waals surface area contributed by atoms with Crippen molar-refractivity contribution >= 4 is 0 Å².